The summed E-state index contributed by atoms with van der Waals surface area (Å²) in [7, 11) is 0. The second kappa shape index (κ2) is 4.90. The summed E-state index contributed by atoms with van der Waals surface area (Å²) in [5, 5.41) is 0. The van der Waals surface area contributed by atoms with Crippen molar-refractivity contribution in [3.8, 4) is 22.8 Å². The maximum absolute atomic E-state index is 5.66. The summed E-state index contributed by atoms with van der Waals surface area (Å²) in [6.07, 6.45) is 2.56. The van der Waals surface area contributed by atoms with Crippen LogP contribution < -0.4 is 9.47 Å². The minimum Gasteiger partial charge on any atom is -0.490 e. The molecule has 0 radical (unpaired) electrons. The highest BCUT2D eigenvalue weighted by Gasteiger charge is 2.13. The molecule has 0 saturated carbocycles. The fraction of sp³-hybridized carbons (Fsp3) is 0.308. The van der Waals surface area contributed by atoms with E-state index >= 15 is 0 Å². The number of halogens is 1. The van der Waals surface area contributed by atoms with E-state index in [9.17, 15) is 0 Å². The van der Waals surface area contributed by atoms with E-state index in [-0.39, 0.29) is 5.88 Å². The number of fused-ring (bicyclic) bond motifs is 1. The highest BCUT2D eigenvalue weighted by molar-refractivity contribution is 6.16. The molecule has 18 heavy (non-hydrogen) atoms. The van der Waals surface area contributed by atoms with Crippen LogP contribution in [0, 0.1) is 0 Å². The maximum Gasteiger partial charge on any atom is 0.209 e. The number of oxazole rings is 1. The largest absolute Gasteiger partial charge is 0.490 e. The number of nitrogens with zero attached hydrogens (tertiary/aromatic N) is 1. The van der Waals surface area contributed by atoms with Crippen LogP contribution in [-0.4, -0.2) is 18.2 Å². The molecule has 2 heterocycles. The highest BCUT2D eigenvalue weighted by atomic mass is 35.5. The normalized spacial score (nSPS) is 14.3. The van der Waals surface area contributed by atoms with Crippen molar-refractivity contribution >= 4 is 11.6 Å². The van der Waals surface area contributed by atoms with E-state index < -0.39 is 0 Å². The number of hydrogen-bond acceptors (Lipinski definition) is 4. The molecule has 3 rings (SSSR count). The molecule has 0 bridgehead atoms. The van der Waals surface area contributed by atoms with E-state index in [0.717, 1.165) is 23.5 Å². The lowest BCUT2D eigenvalue weighted by Gasteiger charge is -2.07. The molecule has 1 aliphatic rings. The molecule has 4 nitrogen and oxygen atoms in total. The van der Waals surface area contributed by atoms with Crippen LogP contribution >= 0.6 is 11.6 Å². The van der Waals surface area contributed by atoms with Crippen LogP contribution in [0.15, 0.2) is 28.8 Å². The lowest BCUT2D eigenvalue weighted by atomic mass is 10.1. The van der Waals surface area contributed by atoms with Crippen LogP contribution in [0.3, 0.4) is 0 Å². The standard InChI is InChI=1S/C13H12ClNO3/c14-7-13-15-8-12(18-13)9-2-3-10-11(6-9)17-5-1-4-16-10/h2-3,6,8H,1,4-5,7H2. The molecule has 1 aromatic heterocycles. The van der Waals surface area contributed by atoms with Gasteiger partial charge in [-0.2, -0.15) is 0 Å². The van der Waals surface area contributed by atoms with Gasteiger partial charge in [0.25, 0.3) is 0 Å². The van der Waals surface area contributed by atoms with Gasteiger partial charge in [-0.25, -0.2) is 4.98 Å². The fourth-order valence-electron chi connectivity index (χ4n) is 1.82. The summed E-state index contributed by atoms with van der Waals surface area (Å²) in [4.78, 5) is 4.07. The van der Waals surface area contributed by atoms with Crippen molar-refractivity contribution in [2.45, 2.75) is 12.3 Å². The van der Waals surface area contributed by atoms with Crippen molar-refractivity contribution in [3.63, 3.8) is 0 Å². The van der Waals surface area contributed by atoms with Crippen molar-refractivity contribution in [3.05, 3.63) is 30.3 Å². The molecule has 0 spiro atoms. The SMILES string of the molecule is ClCc1ncc(-c2ccc3c(c2)OCCCO3)o1. The molecule has 0 amide bonds. The number of hydrogen-bond donors (Lipinski definition) is 0. The number of aromatic nitrogens is 1. The fourth-order valence-corrected chi connectivity index (χ4v) is 1.95. The maximum atomic E-state index is 5.66. The zero-order chi connectivity index (χ0) is 12.4. The molecule has 5 heteroatoms. The van der Waals surface area contributed by atoms with E-state index in [1.54, 1.807) is 6.20 Å². The predicted molar refractivity (Wildman–Crippen MR) is 67.1 cm³/mol. The Kier molecular flexibility index (Phi) is 3.11. The Morgan fingerprint density at radius 3 is 2.78 bits per heavy atom. The first kappa shape index (κ1) is 11.4. The first-order chi connectivity index (χ1) is 8.86. The van der Waals surface area contributed by atoms with Gasteiger partial charge >= 0.3 is 0 Å². The molecule has 0 saturated heterocycles. The second-order valence-electron chi connectivity index (χ2n) is 3.96. The first-order valence-electron chi connectivity index (χ1n) is 5.77. The van der Waals surface area contributed by atoms with Gasteiger partial charge in [0, 0.05) is 12.0 Å². The lowest BCUT2D eigenvalue weighted by Crippen LogP contribution is -1.97. The average molecular weight is 266 g/mol. The number of rotatable bonds is 2. The Morgan fingerprint density at radius 2 is 2.00 bits per heavy atom. The third-order valence-electron chi connectivity index (χ3n) is 2.70. The Balaban J connectivity index is 1.95. The quantitative estimate of drug-likeness (QED) is 0.782. The van der Waals surface area contributed by atoms with Crippen molar-refractivity contribution in [1.82, 2.24) is 4.98 Å². The summed E-state index contributed by atoms with van der Waals surface area (Å²) < 4.78 is 16.7. The van der Waals surface area contributed by atoms with Gasteiger partial charge in [-0.1, -0.05) is 0 Å². The molecular weight excluding hydrogens is 254 g/mol. The van der Waals surface area contributed by atoms with Crippen LogP contribution in [0.4, 0.5) is 0 Å². The van der Waals surface area contributed by atoms with E-state index in [2.05, 4.69) is 4.98 Å². The van der Waals surface area contributed by atoms with Crippen LogP contribution in [0.1, 0.15) is 12.3 Å². The van der Waals surface area contributed by atoms with Gasteiger partial charge in [0.1, 0.15) is 0 Å². The minimum atomic E-state index is 0.268. The van der Waals surface area contributed by atoms with Crippen LogP contribution in [0.25, 0.3) is 11.3 Å². The summed E-state index contributed by atoms with van der Waals surface area (Å²) in [5.74, 6) is 2.98. The summed E-state index contributed by atoms with van der Waals surface area (Å²) in [6, 6.07) is 5.71. The molecular formula is C13H12ClNO3. The summed E-state index contributed by atoms with van der Waals surface area (Å²) >= 11 is 5.66. The number of benzene rings is 1. The van der Waals surface area contributed by atoms with E-state index in [0.29, 0.717) is 24.9 Å². The van der Waals surface area contributed by atoms with Crippen molar-refractivity contribution in [2.24, 2.45) is 0 Å². The van der Waals surface area contributed by atoms with E-state index in [1.807, 2.05) is 18.2 Å². The van der Waals surface area contributed by atoms with Gasteiger partial charge in [-0.05, 0) is 18.2 Å². The van der Waals surface area contributed by atoms with Gasteiger partial charge in [0.2, 0.25) is 5.89 Å². The van der Waals surface area contributed by atoms with Crippen LogP contribution in [0.5, 0.6) is 11.5 Å². The first-order valence-corrected chi connectivity index (χ1v) is 6.31. The average Bonchev–Trinajstić information content (AvgIpc) is 2.76. The Labute approximate surface area is 109 Å². The van der Waals surface area contributed by atoms with Gasteiger partial charge in [0.05, 0.1) is 25.3 Å². The summed E-state index contributed by atoms with van der Waals surface area (Å²) in [6.45, 7) is 1.35. The van der Waals surface area contributed by atoms with Crippen LogP contribution in [0.2, 0.25) is 0 Å². The third kappa shape index (κ3) is 2.16. The number of alkyl halides is 1. The molecule has 0 aliphatic carbocycles. The molecule has 2 aromatic rings. The topological polar surface area (TPSA) is 44.5 Å². The Bertz CT molecular complexity index is 553. The molecule has 0 fully saturated rings. The minimum absolute atomic E-state index is 0.268. The molecule has 0 N–H and O–H groups in total. The van der Waals surface area contributed by atoms with Gasteiger partial charge in [-0.15, -0.1) is 11.6 Å². The Hall–Kier alpha value is -1.68. The molecule has 1 aliphatic heterocycles. The van der Waals surface area contributed by atoms with Crippen LogP contribution in [-0.2, 0) is 5.88 Å². The zero-order valence-corrected chi connectivity index (χ0v) is 10.4. The predicted octanol–water partition coefficient (Wildman–Crippen LogP) is 3.24. The monoisotopic (exact) mass is 265 g/mol. The smallest absolute Gasteiger partial charge is 0.209 e. The lowest BCUT2D eigenvalue weighted by molar-refractivity contribution is 0.297. The van der Waals surface area contributed by atoms with E-state index in [4.69, 9.17) is 25.5 Å². The van der Waals surface area contributed by atoms with Gasteiger partial charge < -0.3 is 13.9 Å². The van der Waals surface area contributed by atoms with Gasteiger partial charge in [0.15, 0.2) is 17.3 Å². The molecule has 0 unspecified atom stereocenters. The Morgan fingerprint density at radius 1 is 1.17 bits per heavy atom. The molecule has 0 atom stereocenters. The van der Waals surface area contributed by atoms with Crippen molar-refractivity contribution in [2.75, 3.05) is 13.2 Å². The third-order valence-corrected chi connectivity index (χ3v) is 2.93. The highest BCUT2D eigenvalue weighted by Crippen LogP contribution is 2.34. The van der Waals surface area contributed by atoms with Gasteiger partial charge in [-0.3, -0.25) is 0 Å². The van der Waals surface area contributed by atoms with E-state index in [1.165, 1.54) is 0 Å². The molecule has 94 valence electrons. The number of ether oxygens (including phenoxy) is 2. The molecule has 1 aromatic carbocycles. The van der Waals surface area contributed by atoms with Crippen molar-refractivity contribution < 1.29 is 13.9 Å². The second-order valence-corrected chi connectivity index (χ2v) is 4.23. The zero-order valence-electron chi connectivity index (χ0n) is 9.69. The summed E-state index contributed by atoms with van der Waals surface area (Å²) in [5.41, 5.74) is 0.906. The van der Waals surface area contributed by atoms with Crippen molar-refractivity contribution in [1.29, 1.82) is 0 Å².